The van der Waals surface area contributed by atoms with Crippen LogP contribution in [-0.4, -0.2) is 33.8 Å². The van der Waals surface area contributed by atoms with Gasteiger partial charge in [-0.15, -0.1) is 0 Å². The molecule has 1 aromatic rings. The maximum absolute atomic E-state index is 10.7. The number of halogens is 1. The van der Waals surface area contributed by atoms with Crippen molar-refractivity contribution < 1.29 is 10.2 Å². The van der Waals surface area contributed by atoms with Gasteiger partial charge >= 0.3 is 0 Å². The summed E-state index contributed by atoms with van der Waals surface area (Å²) in [4.78, 5) is 2.37. The topological polar surface area (TPSA) is 43.7 Å². The highest BCUT2D eigenvalue weighted by atomic mass is 79.9. The summed E-state index contributed by atoms with van der Waals surface area (Å²) in [6.45, 7) is 2.62. The number of para-hydroxylation sites is 1. The first-order valence-electron chi connectivity index (χ1n) is 7.49. The summed E-state index contributed by atoms with van der Waals surface area (Å²) in [5.41, 5.74) is 0.536. The Kier molecular flexibility index (Phi) is 4.07. The maximum Gasteiger partial charge on any atom is 0.134 e. The number of phenolic OH excluding ortho intramolecular Hbond substituents is 1. The van der Waals surface area contributed by atoms with Crippen LogP contribution in [0.5, 0.6) is 5.75 Å². The fraction of sp³-hybridized carbons (Fsp3) is 0.625. The van der Waals surface area contributed by atoms with E-state index in [0.717, 1.165) is 48.9 Å². The van der Waals surface area contributed by atoms with Crippen LogP contribution in [-0.2, 0) is 6.54 Å². The van der Waals surface area contributed by atoms with E-state index in [-0.39, 0.29) is 0 Å². The standard InChI is InChI=1S/C16H22BrNO2/c17-14-6-3-4-12(15(14)19)10-18-9-8-16(20)7-2-1-5-13(16)11-18/h3-4,6,13,19-20H,1-2,5,7-11H2. The lowest BCUT2D eigenvalue weighted by atomic mass is 9.71. The predicted octanol–water partition coefficient (Wildman–Crippen LogP) is 3.28. The Hall–Kier alpha value is -0.580. The van der Waals surface area contributed by atoms with Crippen LogP contribution in [0.3, 0.4) is 0 Å². The zero-order chi connectivity index (χ0) is 14.2. The molecule has 0 amide bonds. The van der Waals surface area contributed by atoms with Crippen molar-refractivity contribution in [1.82, 2.24) is 4.90 Å². The molecule has 0 aromatic heterocycles. The maximum atomic E-state index is 10.7. The highest BCUT2D eigenvalue weighted by molar-refractivity contribution is 9.10. The SMILES string of the molecule is Oc1c(Br)cccc1CN1CCC2(O)CCCCC2C1. The predicted molar refractivity (Wildman–Crippen MR) is 82.6 cm³/mol. The van der Waals surface area contributed by atoms with Crippen LogP contribution in [0.25, 0.3) is 0 Å². The van der Waals surface area contributed by atoms with Crippen LogP contribution >= 0.6 is 15.9 Å². The van der Waals surface area contributed by atoms with Crippen LogP contribution in [0.1, 0.15) is 37.7 Å². The Labute approximate surface area is 128 Å². The van der Waals surface area contributed by atoms with Gasteiger partial charge in [-0.2, -0.15) is 0 Å². The monoisotopic (exact) mass is 339 g/mol. The van der Waals surface area contributed by atoms with Gasteiger partial charge in [0.2, 0.25) is 0 Å². The summed E-state index contributed by atoms with van der Waals surface area (Å²) in [5.74, 6) is 0.747. The van der Waals surface area contributed by atoms with Crippen molar-refractivity contribution in [3.8, 4) is 5.75 Å². The van der Waals surface area contributed by atoms with Gasteiger partial charge in [0.1, 0.15) is 5.75 Å². The van der Waals surface area contributed by atoms with E-state index in [4.69, 9.17) is 0 Å². The summed E-state index contributed by atoms with van der Waals surface area (Å²) < 4.78 is 0.751. The molecule has 2 N–H and O–H groups in total. The molecule has 4 heteroatoms. The molecule has 0 bridgehead atoms. The fourth-order valence-electron chi connectivity index (χ4n) is 3.71. The van der Waals surface area contributed by atoms with Gasteiger partial charge in [0, 0.05) is 31.1 Å². The molecule has 2 fully saturated rings. The lowest BCUT2D eigenvalue weighted by Crippen LogP contribution is -2.52. The lowest BCUT2D eigenvalue weighted by Gasteiger charge is -2.47. The van der Waals surface area contributed by atoms with Gasteiger partial charge in [-0.3, -0.25) is 4.90 Å². The third-order valence-electron chi connectivity index (χ3n) is 4.98. The first kappa shape index (κ1) is 14.4. The van der Waals surface area contributed by atoms with E-state index < -0.39 is 5.60 Å². The molecule has 1 saturated carbocycles. The molecule has 3 rings (SSSR count). The van der Waals surface area contributed by atoms with E-state index in [2.05, 4.69) is 20.8 Å². The van der Waals surface area contributed by atoms with Gasteiger partial charge in [-0.1, -0.05) is 25.0 Å². The minimum Gasteiger partial charge on any atom is -0.506 e. The van der Waals surface area contributed by atoms with E-state index in [0.29, 0.717) is 11.7 Å². The average Bonchev–Trinajstić information content (AvgIpc) is 2.44. The molecule has 1 saturated heterocycles. The van der Waals surface area contributed by atoms with E-state index >= 15 is 0 Å². The number of piperidine rings is 1. The second-order valence-corrected chi connectivity index (χ2v) is 7.13. The molecule has 0 radical (unpaired) electrons. The largest absolute Gasteiger partial charge is 0.506 e. The van der Waals surface area contributed by atoms with Crippen LogP contribution in [0, 0.1) is 5.92 Å². The van der Waals surface area contributed by atoms with E-state index in [1.165, 1.54) is 12.8 Å². The van der Waals surface area contributed by atoms with Crippen molar-refractivity contribution in [2.75, 3.05) is 13.1 Å². The minimum absolute atomic E-state index is 0.344. The Morgan fingerprint density at radius 2 is 2.15 bits per heavy atom. The van der Waals surface area contributed by atoms with Crippen molar-refractivity contribution in [3.05, 3.63) is 28.2 Å². The molecular weight excluding hydrogens is 318 g/mol. The third-order valence-corrected chi connectivity index (χ3v) is 5.62. The minimum atomic E-state index is -0.423. The zero-order valence-corrected chi connectivity index (χ0v) is 13.3. The molecule has 1 aromatic carbocycles. The first-order chi connectivity index (χ1) is 9.58. The quantitative estimate of drug-likeness (QED) is 0.868. The number of phenols is 1. The Morgan fingerprint density at radius 1 is 1.30 bits per heavy atom. The van der Waals surface area contributed by atoms with Crippen molar-refractivity contribution in [3.63, 3.8) is 0 Å². The summed E-state index contributed by atoms with van der Waals surface area (Å²) in [5, 5.41) is 20.8. The molecule has 2 atom stereocenters. The number of rotatable bonds is 2. The number of aliphatic hydroxyl groups is 1. The summed E-state index contributed by atoms with van der Waals surface area (Å²) >= 11 is 3.37. The summed E-state index contributed by atoms with van der Waals surface area (Å²) in [7, 11) is 0. The smallest absolute Gasteiger partial charge is 0.134 e. The Balaban J connectivity index is 1.69. The van der Waals surface area contributed by atoms with Crippen molar-refractivity contribution in [2.24, 2.45) is 5.92 Å². The highest BCUT2D eigenvalue weighted by Gasteiger charge is 2.42. The van der Waals surface area contributed by atoms with Gasteiger partial charge in [0.15, 0.2) is 0 Å². The van der Waals surface area contributed by atoms with Gasteiger partial charge in [-0.05, 0) is 41.3 Å². The summed E-state index contributed by atoms with van der Waals surface area (Å²) in [6.07, 6.45) is 5.37. The van der Waals surface area contributed by atoms with Crippen LogP contribution < -0.4 is 0 Å². The second-order valence-electron chi connectivity index (χ2n) is 6.28. The molecule has 20 heavy (non-hydrogen) atoms. The van der Waals surface area contributed by atoms with Crippen molar-refractivity contribution >= 4 is 15.9 Å². The van der Waals surface area contributed by atoms with Crippen LogP contribution in [0.2, 0.25) is 0 Å². The van der Waals surface area contributed by atoms with Gasteiger partial charge < -0.3 is 10.2 Å². The van der Waals surface area contributed by atoms with Gasteiger partial charge in [-0.25, -0.2) is 0 Å². The molecule has 1 aliphatic carbocycles. The number of hydrogen-bond acceptors (Lipinski definition) is 3. The highest BCUT2D eigenvalue weighted by Crippen LogP contribution is 2.40. The van der Waals surface area contributed by atoms with Crippen LogP contribution in [0.4, 0.5) is 0 Å². The molecule has 2 unspecified atom stereocenters. The molecular formula is C16H22BrNO2. The molecule has 2 aliphatic rings. The third kappa shape index (κ3) is 2.74. The van der Waals surface area contributed by atoms with E-state index in [9.17, 15) is 10.2 Å². The molecule has 110 valence electrons. The molecule has 3 nitrogen and oxygen atoms in total. The van der Waals surface area contributed by atoms with Crippen LogP contribution in [0.15, 0.2) is 22.7 Å². The van der Waals surface area contributed by atoms with E-state index in [1.807, 2.05) is 18.2 Å². The average molecular weight is 340 g/mol. The summed E-state index contributed by atoms with van der Waals surface area (Å²) in [6, 6.07) is 5.79. The molecule has 0 spiro atoms. The second kappa shape index (κ2) is 5.66. The fourth-order valence-corrected chi connectivity index (χ4v) is 4.12. The normalized spacial score (nSPS) is 31.0. The zero-order valence-electron chi connectivity index (χ0n) is 11.7. The van der Waals surface area contributed by atoms with Crippen molar-refractivity contribution in [2.45, 2.75) is 44.2 Å². The Morgan fingerprint density at radius 3 is 3.00 bits per heavy atom. The molecule has 1 aliphatic heterocycles. The van der Waals surface area contributed by atoms with E-state index in [1.54, 1.807) is 0 Å². The van der Waals surface area contributed by atoms with Gasteiger partial charge in [0.05, 0.1) is 10.1 Å². The Bertz CT molecular complexity index is 493. The van der Waals surface area contributed by atoms with Crippen molar-refractivity contribution in [1.29, 1.82) is 0 Å². The number of benzene rings is 1. The van der Waals surface area contributed by atoms with Gasteiger partial charge in [0.25, 0.3) is 0 Å². The molecule has 1 heterocycles. The lowest BCUT2D eigenvalue weighted by molar-refractivity contribution is -0.0968. The number of fused-ring (bicyclic) bond motifs is 1. The number of likely N-dealkylation sites (tertiary alicyclic amines) is 1. The number of nitrogens with zero attached hydrogens (tertiary/aromatic N) is 1. The first-order valence-corrected chi connectivity index (χ1v) is 8.29. The number of aromatic hydroxyl groups is 1. The number of hydrogen-bond donors (Lipinski definition) is 2.